The molecule has 6 heteroatoms. The highest BCUT2D eigenvalue weighted by atomic mass is 16.5. The molecular formula is C13H20N4O2. The molecule has 2 aliphatic heterocycles. The van der Waals surface area contributed by atoms with Crippen LogP contribution in [0, 0.1) is 0 Å². The number of carbonyl (C=O) groups is 1. The van der Waals surface area contributed by atoms with Crippen molar-refractivity contribution in [1.82, 2.24) is 20.1 Å². The number of carbonyl (C=O) groups excluding carboxylic acids is 1. The maximum atomic E-state index is 12.5. The lowest BCUT2D eigenvalue weighted by Gasteiger charge is -2.35. The van der Waals surface area contributed by atoms with Gasteiger partial charge < -0.3 is 9.64 Å². The van der Waals surface area contributed by atoms with Gasteiger partial charge in [-0.3, -0.25) is 9.89 Å². The first-order valence-corrected chi connectivity index (χ1v) is 6.98. The van der Waals surface area contributed by atoms with Crippen molar-refractivity contribution >= 4 is 5.91 Å². The number of piperidine rings is 1. The smallest absolute Gasteiger partial charge is 0.254 e. The van der Waals surface area contributed by atoms with Gasteiger partial charge in [0, 0.05) is 25.6 Å². The fourth-order valence-corrected chi connectivity index (χ4v) is 3.05. The summed E-state index contributed by atoms with van der Waals surface area (Å²) < 4.78 is 5.63. The SMILES string of the molecule is C[C@]1(C(=O)N2CCC(c3ncn[nH]3)CC2)CCCO1. The Labute approximate surface area is 112 Å². The van der Waals surface area contributed by atoms with Gasteiger partial charge >= 0.3 is 0 Å². The van der Waals surface area contributed by atoms with E-state index in [1.807, 2.05) is 11.8 Å². The number of ether oxygens (including phenoxy) is 1. The zero-order valence-electron chi connectivity index (χ0n) is 11.3. The first kappa shape index (κ1) is 12.6. The summed E-state index contributed by atoms with van der Waals surface area (Å²) in [5.74, 6) is 1.49. The van der Waals surface area contributed by atoms with E-state index in [4.69, 9.17) is 4.74 Å². The Kier molecular flexibility index (Phi) is 3.26. The normalized spacial score (nSPS) is 28.8. The first-order chi connectivity index (χ1) is 9.19. The van der Waals surface area contributed by atoms with Crippen molar-refractivity contribution in [3.05, 3.63) is 12.2 Å². The molecular weight excluding hydrogens is 244 g/mol. The molecule has 3 rings (SSSR count). The van der Waals surface area contributed by atoms with Crippen LogP contribution in [0.4, 0.5) is 0 Å². The van der Waals surface area contributed by atoms with E-state index >= 15 is 0 Å². The molecule has 0 aliphatic carbocycles. The third kappa shape index (κ3) is 2.36. The molecule has 0 saturated carbocycles. The minimum atomic E-state index is -0.584. The van der Waals surface area contributed by atoms with Crippen LogP contribution in [-0.4, -0.2) is 51.3 Å². The number of rotatable bonds is 2. The van der Waals surface area contributed by atoms with Gasteiger partial charge in [0.1, 0.15) is 17.8 Å². The number of amides is 1. The van der Waals surface area contributed by atoms with Crippen LogP contribution in [0.5, 0.6) is 0 Å². The van der Waals surface area contributed by atoms with E-state index in [9.17, 15) is 4.79 Å². The number of aromatic nitrogens is 3. The van der Waals surface area contributed by atoms with E-state index in [2.05, 4.69) is 15.2 Å². The molecule has 1 aromatic heterocycles. The van der Waals surface area contributed by atoms with Gasteiger partial charge in [0.2, 0.25) is 0 Å². The molecule has 19 heavy (non-hydrogen) atoms. The number of hydrogen-bond acceptors (Lipinski definition) is 4. The summed E-state index contributed by atoms with van der Waals surface area (Å²) in [6.07, 6.45) is 5.25. The van der Waals surface area contributed by atoms with Gasteiger partial charge in [-0.25, -0.2) is 4.98 Å². The summed E-state index contributed by atoms with van der Waals surface area (Å²) in [4.78, 5) is 18.6. The minimum Gasteiger partial charge on any atom is -0.365 e. The van der Waals surface area contributed by atoms with E-state index < -0.39 is 5.60 Å². The predicted octanol–water partition coefficient (Wildman–Crippen LogP) is 1.08. The quantitative estimate of drug-likeness (QED) is 0.867. The van der Waals surface area contributed by atoms with Crippen molar-refractivity contribution in [2.75, 3.05) is 19.7 Å². The van der Waals surface area contributed by atoms with Crippen molar-refractivity contribution < 1.29 is 9.53 Å². The predicted molar refractivity (Wildman–Crippen MR) is 68.5 cm³/mol. The number of likely N-dealkylation sites (tertiary alicyclic amines) is 1. The number of hydrogen-bond donors (Lipinski definition) is 1. The number of nitrogens with zero attached hydrogens (tertiary/aromatic N) is 3. The maximum absolute atomic E-state index is 12.5. The molecule has 1 aromatic rings. The molecule has 6 nitrogen and oxygen atoms in total. The number of aromatic amines is 1. The van der Waals surface area contributed by atoms with Crippen LogP contribution in [0.3, 0.4) is 0 Å². The summed E-state index contributed by atoms with van der Waals surface area (Å²) in [6, 6.07) is 0. The lowest BCUT2D eigenvalue weighted by molar-refractivity contribution is -0.152. The second-order valence-corrected chi connectivity index (χ2v) is 5.62. The average Bonchev–Trinajstić information content (AvgIpc) is 3.10. The fourth-order valence-electron chi connectivity index (χ4n) is 3.05. The van der Waals surface area contributed by atoms with Crippen molar-refractivity contribution in [2.45, 2.75) is 44.1 Å². The summed E-state index contributed by atoms with van der Waals surface area (Å²) in [5.41, 5.74) is -0.584. The standard InChI is InChI=1S/C13H20N4O2/c1-13(5-2-8-19-13)12(18)17-6-3-10(4-7-17)11-14-9-15-16-11/h9-10H,2-8H2,1H3,(H,14,15,16)/t13-/m1/s1. The van der Waals surface area contributed by atoms with Crippen LogP contribution in [0.25, 0.3) is 0 Å². The molecule has 2 aliphatic rings. The van der Waals surface area contributed by atoms with Gasteiger partial charge in [-0.15, -0.1) is 0 Å². The maximum Gasteiger partial charge on any atom is 0.254 e. The minimum absolute atomic E-state index is 0.154. The zero-order chi connectivity index (χ0) is 13.3. The number of nitrogens with one attached hydrogen (secondary N) is 1. The van der Waals surface area contributed by atoms with E-state index in [1.165, 1.54) is 0 Å². The van der Waals surface area contributed by atoms with Crippen LogP contribution in [-0.2, 0) is 9.53 Å². The Morgan fingerprint density at radius 3 is 2.89 bits per heavy atom. The van der Waals surface area contributed by atoms with Crippen molar-refractivity contribution in [1.29, 1.82) is 0 Å². The van der Waals surface area contributed by atoms with Crippen molar-refractivity contribution in [3.63, 3.8) is 0 Å². The van der Waals surface area contributed by atoms with E-state index in [0.29, 0.717) is 12.5 Å². The summed E-state index contributed by atoms with van der Waals surface area (Å²) >= 11 is 0. The van der Waals surface area contributed by atoms with Crippen LogP contribution in [0.2, 0.25) is 0 Å². The lowest BCUT2D eigenvalue weighted by Crippen LogP contribution is -2.49. The summed E-state index contributed by atoms with van der Waals surface area (Å²) in [5, 5.41) is 6.81. The van der Waals surface area contributed by atoms with Gasteiger partial charge in [-0.2, -0.15) is 5.10 Å². The topological polar surface area (TPSA) is 71.1 Å². The van der Waals surface area contributed by atoms with Gasteiger partial charge in [0.15, 0.2) is 0 Å². The molecule has 2 saturated heterocycles. The van der Waals surface area contributed by atoms with Crippen LogP contribution < -0.4 is 0 Å². The Morgan fingerprint density at radius 1 is 1.53 bits per heavy atom. The third-order valence-corrected chi connectivity index (χ3v) is 4.27. The Hall–Kier alpha value is -1.43. The van der Waals surface area contributed by atoms with Crippen molar-refractivity contribution in [3.8, 4) is 0 Å². The molecule has 0 spiro atoms. The Morgan fingerprint density at radius 2 is 2.32 bits per heavy atom. The fraction of sp³-hybridized carbons (Fsp3) is 0.769. The summed E-state index contributed by atoms with van der Waals surface area (Å²) in [7, 11) is 0. The molecule has 3 heterocycles. The number of H-pyrrole nitrogens is 1. The Bertz CT molecular complexity index is 432. The van der Waals surface area contributed by atoms with E-state index in [1.54, 1.807) is 6.33 Å². The van der Waals surface area contributed by atoms with Crippen LogP contribution in [0.15, 0.2) is 6.33 Å². The monoisotopic (exact) mass is 264 g/mol. The molecule has 1 atom stereocenters. The molecule has 1 N–H and O–H groups in total. The highest BCUT2D eigenvalue weighted by molar-refractivity contribution is 5.85. The van der Waals surface area contributed by atoms with Gasteiger partial charge in [-0.1, -0.05) is 0 Å². The van der Waals surface area contributed by atoms with E-state index in [-0.39, 0.29) is 5.91 Å². The molecule has 2 fully saturated rings. The molecule has 1 amide bonds. The molecule has 0 radical (unpaired) electrons. The van der Waals surface area contributed by atoms with Gasteiger partial charge in [0.05, 0.1) is 0 Å². The van der Waals surface area contributed by atoms with Crippen molar-refractivity contribution in [2.24, 2.45) is 0 Å². The highest BCUT2D eigenvalue weighted by Gasteiger charge is 2.41. The van der Waals surface area contributed by atoms with Crippen LogP contribution in [0.1, 0.15) is 44.3 Å². The van der Waals surface area contributed by atoms with Gasteiger partial charge in [0.25, 0.3) is 5.91 Å². The Balaban J connectivity index is 1.59. The van der Waals surface area contributed by atoms with Gasteiger partial charge in [-0.05, 0) is 32.6 Å². The largest absolute Gasteiger partial charge is 0.365 e. The highest BCUT2D eigenvalue weighted by Crippen LogP contribution is 2.31. The van der Waals surface area contributed by atoms with Crippen LogP contribution >= 0.6 is 0 Å². The molecule has 104 valence electrons. The summed E-state index contributed by atoms with van der Waals surface area (Å²) in [6.45, 7) is 4.19. The lowest BCUT2D eigenvalue weighted by atomic mass is 9.93. The second-order valence-electron chi connectivity index (χ2n) is 5.62. The first-order valence-electron chi connectivity index (χ1n) is 6.98. The third-order valence-electron chi connectivity index (χ3n) is 4.27. The average molecular weight is 264 g/mol. The van der Waals surface area contributed by atoms with E-state index in [0.717, 1.165) is 44.6 Å². The molecule has 0 unspecified atom stereocenters. The molecule has 0 bridgehead atoms. The zero-order valence-corrected chi connectivity index (χ0v) is 11.3. The second kappa shape index (κ2) is 4.92. The molecule has 0 aromatic carbocycles.